The van der Waals surface area contributed by atoms with Crippen LogP contribution >= 0.6 is 0 Å². The largest absolute Gasteiger partial charge is 0.497 e. The van der Waals surface area contributed by atoms with Gasteiger partial charge >= 0.3 is 24.1 Å². The number of amides is 16. The van der Waals surface area contributed by atoms with Crippen LogP contribution in [0.25, 0.3) is 45.3 Å². The molecule has 0 saturated carbocycles. The molecule has 0 spiro atoms. The molecule has 16 amide bonds. The zero-order valence-corrected chi connectivity index (χ0v) is 65.1. The van der Waals surface area contributed by atoms with Crippen LogP contribution in [0, 0.1) is 0 Å². The van der Waals surface area contributed by atoms with Crippen molar-refractivity contribution in [2.24, 2.45) is 0 Å². The predicted octanol–water partition coefficient (Wildman–Crippen LogP) is 5.68. The number of methoxy groups -OCH3 is 4. The van der Waals surface area contributed by atoms with Gasteiger partial charge in [0.15, 0.2) is 45.2 Å². The number of nitrogens with one attached hydrogen (secondary N) is 9. The number of urea groups is 4. The van der Waals surface area contributed by atoms with E-state index in [1.807, 2.05) is 12.1 Å². The van der Waals surface area contributed by atoms with Crippen molar-refractivity contribution in [3.63, 3.8) is 0 Å². The summed E-state index contributed by atoms with van der Waals surface area (Å²) in [6.45, 7) is 0.663. The zero-order chi connectivity index (χ0) is 85.6. The van der Waals surface area contributed by atoms with E-state index in [0.29, 0.717) is 91.5 Å². The Morgan fingerprint density at radius 1 is 0.341 bits per heavy atom. The van der Waals surface area contributed by atoms with Crippen molar-refractivity contribution in [2.75, 3.05) is 54.6 Å². The lowest BCUT2D eigenvalue weighted by molar-refractivity contribution is -0.126. The predicted molar refractivity (Wildman–Crippen MR) is 420 cm³/mol. The normalized spacial score (nSPS) is 20.0. The zero-order valence-electron chi connectivity index (χ0n) is 65.1. The average molecular weight is 1670 g/mol. The molecule has 4 saturated heterocycles. The van der Waals surface area contributed by atoms with Gasteiger partial charge in [-0.15, -0.1) is 0 Å². The van der Waals surface area contributed by atoms with Gasteiger partial charge in [0.05, 0.1) is 66.0 Å². The third-order valence-corrected chi connectivity index (χ3v) is 21.7. The van der Waals surface area contributed by atoms with E-state index in [0.717, 1.165) is 27.8 Å². The fourth-order valence-corrected chi connectivity index (χ4v) is 15.4. The van der Waals surface area contributed by atoms with E-state index in [2.05, 4.69) is 83.1 Å². The van der Waals surface area contributed by atoms with Gasteiger partial charge in [-0.05, 0) is 119 Å². The van der Waals surface area contributed by atoms with Gasteiger partial charge in [0, 0.05) is 121 Å². The fraction of sp³-hybridized carbons (Fsp3) is 0.193. The lowest BCUT2D eigenvalue weighted by Gasteiger charge is -2.28. The van der Waals surface area contributed by atoms with Gasteiger partial charge in [0.1, 0.15) is 45.8 Å². The number of carbonyl (C=O) groups is 12. The van der Waals surface area contributed by atoms with E-state index in [1.165, 1.54) is 48.0 Å². The molecule has 0 bridgehead atoms. The Hall–Kier alpha value is -16.7. The molecule has 40 heteroatoms. The van der Waals surface area contributed by atoms with Crippen LogP contribution in [-0.2, 0) is 67.5 Å². The number of hydrogen-bond acceptors (Lipinski definition) is 27. The first-order valence-electron chi connectivity index (χ1n) is 37.6. The Morgan fingerprint density at radius 3 is 1.02 bits per heavy atom. The molecule has 123 heavy (non-hydrogen) atoms. The molecule has 4 atom stereocenters. The first-order valence-corrected chi connectivity index (χ1v) is 37.6. The standard InChI is InChI=1S/3C21H17N5O5.C20H17N5O5/c1-30-14-3-2-13-10-26(18(27)15(13)8-14)11-21(19(28)23-20(29)24-21)17-9-16(25-31-17)12-4-6-22-7-5-12;1-30-14-5-4-13-10-26(18(27)15(13)7-14)11-21(19(28)23-20(29)24-21)17-8-16(25-31-17)12-3-2-6-22-9-12;1-30-13-6-5-12-10-26(18(27)14(12)8-13)11-21(19(28)23-20(29)24-21)17-9-16(25-31-17)15-4-2-3-7-22-15;1-29-12-5-4-11-9-25(17(26)13(11)7-12)10-20(18(27)22-19(28)23-20)16-8-15(24-30-16)14-3-2-6-21-14/h3*2-9H,10-11H2,1H3,(H2,23,24,28,29);2-8,21H,9-10H2,1H3,(H2,22,23,27,28)/t3*21-;20-/m0000/s1. The molecule has 0 aliphatic carbocycles. The summed E-state index contributed by atoms with van der Waals surface area (Å²) < 4.78 is 42.7. The number of fused-ring (bicyclic) bond motifs is 4. The summed E-state index contributed by atoms with van der Waals surface area (Å²) >= 11 is 0. The molecule has 0 radical (unpaired) electrons. The Labute approximate surface area is 693 Å². The highest BCUT2D eigenvalue weighted by Gasteiger charge is 2.58. The molecule has 9 N–H and O–H groups in total. The molecular weight excluding hydrogens is 1600 g/mol. The number of hydrogen-bond donors (Lipinski definition) is 9. The highest BCUT2D eigenvalue weighted by atomic mass is 16.5. The monoisotopic (exact) mass is 1660 g/mol. The van der Waals surface area contributed by atoms with Crippen molar-refractivity contribution in [1.82, 2.24) is 103 Å². The van der Waals surface area contributed by atoms with Gasteiger partial charge < -0.3 is 82.9 Å². The minimum atomic E-state index is -1.61. The SMILES string of the molecule is COc1ccc2c(c1)C(=O)N(C[C@@]1(c3cc(-c4ccc[nH]4)no3)NC(=O)NC1=O)C2.COc1ccc2c(c1)C(=O)N(C[C@@]1(c3cc(-c4ccccn4)no3)NC(=O)NC1=O)C2.COc1ccc2c(c1)C(=O)N(C[C@@]1(c3cc(-c4cccnc4)no3)NC(=O)NC1=O)C2.COc1ccc2c(c1)C(=O)N(C[C@@]1(c3cc(-c4ccncc4)no3)NC(=O)NC1=O)C2. The molecule has 8 aliphatic rings. The van der Waals surface area contributed by atoms with E-state index in [-0.39, 0.29) is 92.5 Å². The third kappa shape index (κ3) is 14.5. The average Bonchev–Trinajstić information content (AvgIpc) is 1.61. The molecule has 8 aliphatic heterocycles. The van der Waals surface area contributed by atoms with Crippen LogP contribution in [0.3, 0.4) is 0 Å². The van der Waals surface area contributed by atoms with Gasteiger partial charge in [-0.2, -0.15) is 0 Å². The van der Waals surface area contributed by atoms with Crippen LogP contribution in [0.2, 0.25) is 0 Å². The Kier molecular flexibility index (Phi) is 20.3. The number of imide groups is 4. The van der Waals surface area contributed by atoms with Gasteiger partial charge in [-0.1, -0.05) is 51.0 Å². The molecule has 12 aromatic rings. The summed E-state index contributed by atoms with van der Waals surface area (Å²) in [6.07, 6.45) is 9.80. The number of aromatic amines is 1. The van der Waals surface area contributed by atoms with Crippen molar-refractivity contribution < 1.29 is 94.6 Å². The van der Waals surface area contributed by atoms with Crippen molar-refractivity contribution >= 4 is 71.4 Å². The number of ether oxygens (including phenoxy) is 4. The molecule has 40 nitrogen and oxygen atoms in total. The Balaban J connectivity index is 0.000000116. The molecule has 0 unspecified atom stereocenters. The third-order valence-electron chi connectivity index (χ3n) is 21.7. The van der Waals surface area contributed by atoms with Crippen LogP contribution in [0.4, 0.5) is 19.2 Å². The number of benzene rings is 4. The lowest BCUT2D eigenvalue weighted by atomic mass is 9.94. The Morgan fingerprint density at radius 2 is 0.699 bits per heavy atom. The fourth-order valence-electron chi connectivity index (χ4n) is 15.4. The molecule has 20 rings (SSSR count). The number of pyridine rings is 3. The van der Waals surface area contributed by atoms with Crippen molar-refractivity contribution in [2.45, 2.75) is 48.3 Å². The highest BCUT2D eigenvalue weighted by molar-refractivity contribution is 6.11. The maximum absolute atomic E-state index is 13.0. The van der Waals surface area contributed by atoms with Crippen LogP contribution in [0.5, 0.6) is 23.0 Å². The van der Waals surface area contributed by atoms with E-state index in [4.69, 9.17) is 37.0 Å². The van der Waals surface area contributed by atoms with Gasteiger partial charge in [0.2, 0.25) is 0 Å². The number of nitrogens with zero attached hydrogens (tertiary/aromatic N) is 11. The summed E-state index contributed by atoms with van der Waals surface area (Å²) in [4.78, 5) is 173. The minimum Gasteiger partial charge on any atom is -0.497 e. The second-order valence-corrected chi connectivity index (χ2v) is 29.1. The summed E-state index contributed by atoms with van der Waals surface area (Å²) in [5.74, 6) is -0.787. The highest BCUT2D eigenvalue weighted by Crippen LogP contribution is 2.41. The quantitative estimate of drug-likeness (QED) is 0.0414. The number of rotatable bonds is 20. The maximum atomic E-state index is 13.0. The number of carbonyl (C=O) groups excluding carboxylic acids is 12. The molecular formula is C83H68N20O20. The molecule has 16 heterocycles. The maximum Gasteiger partial charge on any atom is 0.322 e. The lowest BCUT2D eigenvalue weighted by Crippen LogP contribution is -2.52. The number of H-pyrrole nitrogens is 1. The summed E-state index contributed by atoms with van der Waals surface area (Å²) in [7, 11) is 6.10. The van der Waals surface area contributed by atoms with Crippen molar-refractivity contribution in [3.8, 4) is 68.3 Å². The topological polar surface area (TPSA) is 510 Å². The minimum absolute atomic E-state index is 0.109. The first kappa shape index (κ1) is 78.8. The van der Waals surface area contributed by atoms with Gasteiger partial charge in [-0.25, -0.2) is 19.2 Å². The van der Waals surface area contributed by atoms with Crippen LogP contribution in [0.1, 0.15) is 86.7 Å². The second-order valence-electron chi connectivity index (χ2n) is 29.1. The first-order chi connectivity index (χ1) is 59.5. The van der Waals surface area contributed by atoms with Crippen LogP contribution in [0.15, 0.2) is 207 Å². The van der Waals surface area contributed by atoms with Crippen molar-refractivity contribution in [3.05, 3.63) is 256 Å². The summed E-state index contributed by atoms with van der Waals surface area (Å²) in [5.41, 5.74) is 3.29. The summed E-state index contributed by atoms with van der Waals surface area (Å²) in [5, 5.41) is 35.5. The van der Waals surface area contributed by atoms with Crippen LogP contribution < -0.4 is 61.5 Å². The molecule has 4 aromatic carbocycles. The van der Waals surface area contributed by atoms with E-state index >= 15 is 0 Å². The van der Waals surface area contributed by atoms with Crippen LogP contribution in [-0.4, -0.2) is 186 Å². The van der Waals surface area contributed by atoms with E-state index in [1.54, 1.807) is 177 Å². The molecule has 4 fully saturated rings. The second kappa shape index (κ2) is 31.6. The Bertz CT molecular complexity index is 5850. The van der Waals surface area contributed by atoms with E-state index in [9.17, 15) is 57.5 Å². The van der Waals surface area contributed by atoms with E-state index < -0.39 is 69.9 Å². The smallest absolute Gasteiger partial charge is 0.322 e. The number of aromatic nitrogens is 8. The summed E-state index contributed by atoms with van der Waals surface area (Å²) in [6, 6.07) is 40.5. The van der Waals surface area contributed by atoms with Gasteiger partial charge in [0.25, 0.3) is 47.3 Å². The molecule has 620 valence electrons. The molecule has 8 aromatic heterocycles. The van der Waals surface area contributed by atoms with Crippen molar-refractivity contribution in [1.29, 1.82) is 0 Å². The van der Waals surface area contributed by atoms with Gasteiger partial charge in [-0.3, -0.25) is 74.6 Å².